The van der Waals surface area contributed by atoms with Crippen LogP contribution in [0.25, 0.3) is 0 Å². The van der Waals surface area contributed by atoms with Gasteiger partial charge in [0, 0.05) is 0 Å². The van der Waals surface area contributed by atoms with Gasteiger partial charge in [-0.25, -0.2) is 9.78 Å². The summed E-state index contributed by atoms with van der Waals surface area (Å²) in [4.78, 5) is 28.1. The molecule has 0 bridgehead atoms. The van der Waals surface area contributed by atoms with Crippen LogP contribution in [0.3, 0.4) is 0 Å². The van der Waals surface area contributed by atoms with Gasteiger partial charge in [0.25, 0.3) is 5.91 Å². The third-order valence-corrected chi connectivity index (χ3v) is 3.67. The zero-order valence-electron chi connectivity index (χ0n) is 15.6. The van der Waals surface area contributed by atoms with Crippen LogP contribution in [0.2, 0.25) is 0 Å². The van der Waals surface area contributed by atoms with Gasteiger partial charge in [-0.05, 0) is 63.1 Å². The molecule has 2 aromatic rings. The molecule has 1 amide bonds. The summed E-state index contributed by atoms with van der Waals surface area (Å²) in [6.07, 6.45) is 0. The van der Waals surface area contributed by atoms with E-state index >= 15 is 0 Å². The number of rotatable bonds is 7. The minimum absolute atomic E-state index is 0.252. The summed E-state index contributed by atoms with van der Waals surface area (Å²) in [5.74, 6) is 0.0309. The molecule has 0 saturated heterocycles. The van der Waals surface area contributed by atoms with Crippen molar-refractivity contribution in [3.8, 4) is 5.75 Å². The number of hydrogen-bond acceptors (Lipinski definition) is 5. The quantitative estimate of drug-likeness (QED) is 0.609. The highest BCUT2D eigenvalue weighted by Crippen LogP contribution is 2.15. The average molecular weight is 356 g/mol. The minimum atomic E-state index is -0.439. The van der Waals surface area contributed by atoms with Crippen molar-refractivity contribution in [2.45, 2.75) is 27.7 Å². The maximum atomic E-state index is 12.2. The molecule has 1 heterocycles. The monoisotopic (exact) mass is 356 g/mol. The standard InChI is InChI=1S/C20H24N2O4/c1-5-25-20(24)17-6-7-18(22-15(17)4)19(23)21-8-9-26-16-11-13(2)10-14(3)12-16/h6-7,10-12H,5,8-9H2,1-4H3,(H,21,23). The number of carbonyl (C=O) groups is 2. The van der Waals surface area contributed by atoms with Crippen LogP contribution in [0.1, 0.15) is 44.6 Å². The molecule has 0 fully saturated rings. The summed E-state index contributed by atoms with van der Waals surface area (Å²) in [5.41, 5.74) is 3.34. The Hall–Kier alpha value is -2.89. The summed E-state index contributed by atoms with van der Waals surface area (Å²) in [7, 11) is 0. The highest BCUT2D eigenvalue weighted by molar-refractivity contribution is 5.95. The fraction of sp³-hybridized carbons (Fsp3) is 0.350. The van der Waals surface area contributed by atoms with Gasteiger partial charge in [-0.2, -0.15) is 0 Å². The number of aryl methyl sites for hydroxylation is 3. The third-order valence-electron chi connectivity index (χ3n) is 3.67. The van der Waals surface area contributed by atoms with Gasteiger partial charge < -0.3 is 14.8 Å². The van der Waals surface area contributed by atoms with Gasteiger partial charge in [0.15, 0.2) is 0 Å². The van der Waals surface area contributed by atoms with E-state index in [0.717, 1.165) is 16.9 Å². The van der Waals surface area contributed by atoms with Crippen molar-refractivity contribution in [3.63, 3.8) is 0 Å². The lowest BCUT2D eigenvalue weighted by Gasteiger charge is -2.10. The molecule has 0 atom stereocenters. The molecule has 1 aromatic carbocycles. The number of nitrogens with zero attached hydrogens (tertiary/aromatic N) is 1. The first-order valence-electron chi connectivity index (χ1n) is 8.54. The van der Waals surface area contributed by atoms with Crippen LogP contribution < -0.4 is 10.1 Å². The van der Waals surface area contributed by atoms with E-state index in [0.29, 0.717) is 31.0 Å². The van der Waals surface area contributed by atoms with Gasteiger partial charge in [-0.15, -0.1) is 0 Å². The molecular weight excluding hydrogens is 332 g/mol. The van der Waals surface area contributed by atoms with E-state index in [1.807, 2.05) is 26.0 Å². The second kappa shape index (κ2) is 8.99. The van der Waals surface area contributed by atoms with Crippen molar-refractivity contribution >= 4 is 11.9 Å². The van der Waals surface area contributed by atoms with Crippen LogP contribution in [-0.2, 0) is 4.74 Å². The first-order valence-corrected chi connectivity index (χ1v) is 8.54. The van der Waals surface area contributed by atoms with Crippen LogP contribution in [-0.4, -0.2) is 36.6 Å². The molecule has 2 rings (SSSR count). The third kappa shape index (κ3) is 5.31. The van der Waals surface area contributed by atoms with E-state index in [2.05, 4.69) is 16.4 Å². The summed E-state index contributed by atoms with van der Waals surface area (Å²) >= 11 is 0. The highest BCUT2D eigenvalue weighted by atomic mass is 16.5. The molecule has 1 N–H and O–H groups in total. The summed E-state index contributed by atoms with van der Waals surface area (Å²) in [5, 5.41) is 2.76. The molecular formula is C20H24N2O4. The van der Waals surface area contributed by atoms with Crippen LogP contribution >= 0.6 is 0 Å². The lowest BCUT2D eigenvalue weighted by Crippen LogP contribution is -2.29. The largest absolute Gasteiger partial charge is 0.492 e. The Bertz CT molecular complexity index is 782. The number of carbonyl (C=O) groups excluding carboxylic acids is 2. The van der Waals surface area contributed by atoms with Gasteiger partial charge in [-0.1, -0.05) is 6.07 Å². The van der Waals surface area contributed by atoms with Gasteiger partial charge in [0.05, 0.1) is 24.4 Å². The first kappa shape index (κ1) is 19.4. The molecule has 0 radical (unpaired) electrons. The van der Waals surface area contributed by atoms with E-state index in [1.165, 1.54) is 6.07 Å². The van der Waals surface area contributed by atoms with E-state index < -0.39 is 5.97 Å². The van der Waals surface area contributed by atoms with Gasteiger partial charge in [0.2, 0.25) is 0 Å². The Kier molecular flexibility index (Phi) is 6.72. The Balaban J connectivity index is 1.87. The van der Waals surface area contributed by atoms with Crippen molar-refractivity contribution in [1.29, 1.82) is 0 Å². The van der Waals surface area contributed by atoms with Gasteiger partial charge >= 0.3 is 5.97 Å². The zero-order valence-corrected chi connectivity index (χ0v) is 15.6. The van der Waals surface area contributed by atoms with E-state index in [4.69, 9.17) is 9.47 Å². The molecule has 6 nitrogen and oxygen atoms in total. The second-order valence-electron chi connectivity index (χ2n) is 5.98. The van der Waals surface area contributed by atoms with Crippen LogP contribution in [0, 0.1) is 20.8 Å². The maximum absolute atomic E-state index is 12.2. The fourth-order valence-electron chi connectivity index (χ4n) is 2.55. The SMILES string of the molecule is CCOC(=O)c1ccc(C(=O)NCCOc2cc(C)cc(C)c2)nc1C. The summed E-state index contributed by atoms with van der Waals surface area (Å²) in [6.45, 7) is 8.43. The topological polar surface area (TPSA) is 77.5 Å². The Labute approximate surface area is 153 Å². The Morgan fingerprint density at radius 1 is 1.08 bits per heavy atom. The molecule has 6 heteroatoms. The van der Waals surface area contributed by atoms with E-state index in [-0.39, 0.29) is 11.6 Å². The number of amides is 1. The molecule has 0 saturated carbocycles. The van der Waals surface area contributed by atoms with Crippen molar-refractivity contribution < 1.29 is 19.1 Å². The maximum Gasteiger partial charge on any atom is 0.339 e. The van der Waals surface area contributed by atoms with E-state index in [1.54, 1.807) is 19.9 Å². The number of nitrogens with one attached hydrogen (secondary N) is 1. The smallest absolute Gasteiger partial charge is 0.339 e. The first-order chi connectivity index (χ1) is 12.4. The summed E-state index contributed by atoms with van der Waals surface area (Å²) < 4.78 is 10.6. The molecule has 0 aliphatic heterocycles. The number of pyridine rings is 1. The lowest BCUT2D eigenvalue weighted by molar-refractivity contribution is 0.0524. The molecule has 0 aliphatic rings. The van der Waals surface area contributed by atoms with Gasteiger partial charge in [0.1, 0.15) is 18.1 Å². The number of ether oxygens (including phenoxy) is 2. The fourth-order valence-corrected chi connectivity index (χ4v) is 2.55. The Morgan fingerprint density at radius 3 is 2.38 bits per heavy atom. The second-order valence-corrected chi connectivity index (χ2v) is 5.98. The number of hydrogen-bond donors (Lipinski definition) is 1. The predicted octanol–water partition coefficient (Wildman–Crippen LogP) is 2.99. The highest BCUT2D eigenvalue weighted by Gasteiger charge is 2.14. The van der Waals surface area contributed by atoms with Crippen LogP contribution in [0.4, 0.5) is 0 Å². The number of aromatic nitrogens is 1. The molecule has 0 aliphatic carbocycles. The molecule has 0 unspecified atom stereocenters. The van der Waals surface area contributed by atoms with Crippen LogP contribution in [0.5, 0.6) is 5.75 Å². The average Bonchev–Trinajstić information content (AvgIpc) is 2.57. The number of benzene rings is 1. The van der Waals surface area contributed by atoms with Crippen molar-refractivity contribution in [1.82, 2.24) is 10.3 Å². The normalized spacial score (nSPS) is 10.3. The lowest BCUT2D eigenvalue weighted by atomic mass is 10.1. The van der Waals surface area contributed by atoms with Crippen molar-refractivity contribution in [2.24, 2.45) is 0 Å². The predicted molar refractivity (Wildman–Crippen MR) is 98.7 cm³/mol. The minimum Gasteiger partial charge on any atom is -0.492 e. The zero-order chi connectivity index (χ0) is 19.1. The Morgan fingerprint density at radius 2 is 1.77 bits per heavy atom. The van der Waals surface area contributed by atoms with Crippen LogP contribution in [0.15, 0.2) is 30.3 Å². The summed E-state index contributed by atoms with van der Waals surface area (Å²) in [6, 6.07) is 9.05. The molecule has 1 aromatic heterocycles. The van der Waals surface area contributed by atoms with Crippen molar-refractivity contribution in [3.05, 3.63) is 58.4 Å². The van der Waals surface area contributed by atoms with Crippen molar-refractivity contribution in [2.75, 3.05) is 19.8 Å². The number of esters is 1. The molecule has 138 valence electrons. The van der Waals surface area contributed by atoms with E-state index in [9.17, 15) is 9.59 Å². The molecule has 26 heavy (non-hydrogen) atoms. The molecule has 0 spiro atoms. The van der Waals surface area contributed by atoms with Gasteiger partial charge in [-0.3, -0.25) is 4.79 Å².